The third-order valence-electron chi connectivity index (χ3n) is 2.92. The summed E-state index contributed by atoms with van der Waals surface area (Å²) >= 11 is 2.10. The molecule has 3 unspecified atom stereocenters. The molecule has 13 heavy (non-hydrogen) atoms. The summed E-state index contributed by atoms with van der Waals surface area (Å²) in [4.78, 5) is 2.24. The SMILES string of the molecule is CC1C(N)CCC1SCCN(C)C. The fraction of sp³-hybridized carbons (Fsp3) is 1.00. The van der Waals surface area contributed by atoms with Crippen LogP contribution in [-0.2, 0) is 0 Å². The van der Waals surface area contributed by atoms with Gasteiger partial charge in [0.05, 0.1) is 0 Å². The lowest BCUT2D eigenvalue weighted by molar-refractivity contribution is 0.436. The quantitative estimate of drug-likeness (QED) is 0.747. The summed E-state index contributed by atoms with van der Waals surface area (Å²) in [5, 5.41) is 0.815. The second kappa shape index (κ2) is 5.23. The monoisotopic (exact) mass is 202 g/mol. The number of nitrogens with zero attached hydrogens (tertiary/aromatic N) is 1. The molecule has 3 atom stereocenters. The third kappa shape index (κ3) is 3.49. The Kier molecular flexibility index (Phi) is 4.56. The van der Waals surface area contributed by atoms with Gasteiger partial charge in [-0.15, -0.1) is 0 Å². The number of hydrogen-bond donors (Lipinski definition) is 1. The molecule has 0 spiro atoms. The van der Waals surface area contributed by atoms with Crippen molar-refractivity contribution in [2.24, 2.45) is 11.7 Å². The van der Waals surface area contributed by atoms with Crippen LogP contribution in [0, 0.1) is 5.92 Å². The molecule has 1 fully saturated rings. The van der Waals surface area contributed by atoms with Gasteiger partial charge in [0, 0.05) is 23.6 Å². The molecule has 0 aliphatic heterocycles. The van der Waals surface area contributed by atoms with Gasteiger partial charge < -0.3 is 10.6 Å². The summed E-state index contributed by atoms with van der Waals surface area (Å²) in [6.07, 6.45) is 2.54. The predicted octanol–water partition coefficient (Wildman–Crippen LogP) is 1.41. The molecule has 1 aliphatic carbocycles. The van der Waals surface area contributed by atoms with Crippen molar-refractivity contribution in [3.63, 3.8) is 0 Å². The maximum atomic E-state index is 5.98. The molecule has 78 valence electrons. The highest BCUT2D eigenvalue weighted by Gasteiger charge is 2.29. The molecule has 0 aromatic rings. The lowest BCUT2D eigenvalue weighted by Gasteiger charge is -2.18. The minimum Gasteiger partial charge on any atom is -0.327 e. The molecule has 0 radical (unpaired) electrons. The highest BCUT2D eigenvalue weighted by Crippen LogP contribution is 2.33. The molecular weight excluding hydrogens is 180 g/mol. The van der Waals surface area contributed by atoms with Gasteiger partial charge in [0.25, 0.3) is 0 Å². The van der Waals surface area contributed by atoms with Crippen LogP contribution in [0.1, 0.15) is 19.8 Å². The van der Waals surface area contributed by atoms with Gasteiger partial charge in [-0.25, -0.2) is 0 Å². The molecule has 3 heteroatoms. The predicted molar refractivity (Wildman–Crippen MR) is 61.2 cm³/mol. The summed E-state index contributed by atoms with van der Waals surface area (Å²) in [5.41, 5.74) is 5.98. The topological polar surface area (TPSA) is 29.3 Å². The van der Waals surface area contributed by atoms with Gasteiger partial charge in [0.15, 0.2) is 0 Å². The second-order valence-corrected chi connectivity index (χ2v) is 5.66. The van der Waals surface area contributed by atoms with Crippen molar-refractivity contribution in [2.75, 3.05) is 26.4 Å². The lowest BCUT2D eigenvalue weighted by Crippen LogP contribution is -2.26. The fourth-order valence-corrected chi connectivity index (χ4v) is 3.36. The molecule has 0 saturated heterocycles. The first-order chi connectivity index (χ1) is 6.11. The van der Waals surface area contributed by atoms with Gasteiger partial charge in [0.2, 0.25) is 0 Å². The van der Waals surface area contributed by atoms with Gasteiger partial charge in [0.1, 0.15) is 0 Å². The van der Waals surface area contributed by atoms with Gasteiger partial charge in [-0.2, -0.15) is 11.8 Å². The molecule has 1 aliphatic rings. The molecule has 2 N–H and O–H groups in total. The lowest BCUT2D eigenvalue weighted by atomic mass is 10.1. The molecule has 0 aromatic carbocycles. The first-order valence-corrected chi connectivity index (χ1v) is 6.18. The Morgan fingerprint density at radius 1 is 1.38 bits per heavy atom. The van der Waals surface area contributed by atoms with Crippen LogP contribution in [-0.4, -0.2) is 42.6 Å². The Balaban J connectivity index is 2.15. The fourth-order valence-electron chi connectivity index (χ4n) is 1.78. The first kappa shape index (κ1) is 11.3. The van der Waals surface area contributed by atoms with Crippen molar-refractivity contribution in [2.45, 2.75) is 31.1 Å². The zero-order chi connectivity index (χ0) is 9.84. The average molecular weight is 202 g/mol. The van der Waals surface area contributed by atoms with E-state index in [2.05, 4.69) is 37.7 Å². The van der Waals surface area contributed by atoms with Crippen molar-refractivity contribution in [3.05, 3.63) is 0 Å². The number of nitrogens with two attached hydrogens (primary N) is 1. The second-order valence-electron chi connectivity index (χ2n) is 4.31. The van der Waals surface area contributed by atoms with E-state index >= 15 is 0 Å². The largest absolute Gasteiger partial charge is 0.327 e. The molecular formula is C10H22N2S. The van der Waals surface area contributed by atoms with Crippen molar-refractivity contribution in [3.8, 4) is 0 Å². The van der Waals surface area contributed by atoms with Crippen LogP contribution in [0.4, 0.5) is 0 Å². The van der Waals surface area contributed by atoms with E-state index in [1.807, 2.05) is 0 Å². The third-order valence-corrected chi connectivity index (χ3v) is 4.43. The Labute approximate surface area is 86.2 Å². The average Bonchev–Trinajstić information content (AvgIpc) is 2.35. The van der Waals surface area contributed by atoms with E-state index in [9.17, 15) is 0 Å². The van der Waals surface area contributed by atoms with Crippen LogP contribution < -0.4 is 5.73 Å². The molecule has 0 aromatic heterocycles. The van der Waals surface area contributed by atoms with Crippen molar-refractivity contribution in [1.29, 1.82) is 0 Å². The summed E-state index contributed by atoms with van der Waals surface area (Å²) in [7, 11) is 4.26. The summed E-state index contributed by atoms with van der Waals surface area (Å²) in [5.74, 6) is 1.96. The van der Waals surface area contributed by atoms with Crippen LogP contribution >= 0.6 is 11.8 Å². The molecule has 1 saturated carbocycles. The molecule has 0 bridgehead atoms. The zero-order valence-electron chi connectivity index (χ0n) is 8.99. The van der Waals surface area contributed by atoms with E-state index in [0.29, 0.717) is 12.0 Å². The van der Waals surface area contributed by atoms with E-state index in [1.165, 1.54) is 25.1 Å². The first-order valence-electron chi connectivity index (χ1n) is 5.13. The van der Waals surface area contributed by atoms with Crippen LogP contribution in [0.25, 0.3) is 0 Å². The van der Waals surface area contributed by atoms with Crippen LogP contribution in [0.2, 0.25) is 0 Å². The molecule has 1 rings (SSSR count). The maximum absolute atomic E-state index is 5.98. The van der Waals surface area contributed by atoms with E-state index in [0.717, 1.165) is 5.25 Å². The van der Waals surface area contributed by atoms with Gasteiger partial charge in [-0.05, 0) is 32.9 Å². The Morgan fingerprint density at radius 2 is 2.08 bits per heavy atom. The van der Waals surface area contributed by atoms with Crippen LogP contribution in [0.5, 0.6) is 0 Å². The van der Waals surface area contributed by atoms with E-state index in [1.54, 1.807) is 0 Å². The van der Waals surface area contributed by atoms with Crippen molar-refractivity contribution < 1.29 is 0 Å². The number of thioether (sulfide) groups is 1. The Hall–Kier alpha value is 0.270. The van der Waals surface area contributed by atoms with Gasteiger partial charge in [-0.3, -0.25) is 0 Å². The number of rotatable bonds is 4. The highest BCUT2D eigenvalue weighted by molar-refractivity contribution is 7.99. The summed E-state index contributed by atoms with van der Waals surface area (Å²) in [6, 6.07) is 0.455. The normalized spacial score (nSPS) is 34.4. The zero-order valence-corrected chi connectivity index (χ0v) is 9.81. The minimum atomic E-state index is 0.455. The smallest absolute Gasteiger partial charge is 0.00884 e. The van der Waals surface area contributed by atoms with Crippen LogP contribution in [0.3, 0.4) is 0 Å². The summed E-state index contributed by atoms with van der Waals surface area (Å²) < 4.78 is 0. The minimum absolute atomic E-state index is 0.455. The number of hydrogen-bond acceptors (Lipinski definition) is 3. The van der Waals surface area contributed by atoms with Crippen molar-refractivity contribution >= 4 is 11.8 Å². The van der Waals surface area contributed by atoms with Gasteiger partial charge >= 0.3 is 0 Å². The summed E-state index contributed by atoms with van der Waals surface area (Å²) in [6.45, 7) is 3.48. The van der Waals surface area contributed by atoms with Gasteiger partial charge in [-0.1, -0.05) is 6.92 Å². The van der Waals surface area contributed by atoms with E-state index in [4.69, 9.17) is 5.73 Å². The standard InChI is InChI=1S/C10H22N2S/c1-8-9(11)4-5-10(8)13-7-6-12(2)3/h8-10H,4-7,11H2,1-3H3. The molecule has 0 heterocycles. The van der Waals surface area contributed by atoms with E-state index < -0.39 is 0 Å². The highest BCUT2D eigenvalue weighted by atomic mass is 32.2. The van der Waals surface area contributed by atoms with E-state index in [-0.39, 0.29) is 0 Å². The van der Waals surface area contributed by atoms with Crippen molar-refractivity contribution in [1.82, 2.24) is 4.90 Å². The van der Waals surface area contributed by atoms with Crippen LogP contribution in [0.15, 0.2) is 0 Å². The maximum Gasteiger partial charge on any atom is 0.00884 e. The Morgan fingerprint density at radius 3 is 2.54 bits per heavy atom. The molecule has 2 nitrogen and oxygen atoms in total. The molecule has 0 amide bonds. The Bertz CT molecular complexity index is 150.